The lowest BCUT2D eigenvalue weighted by atomic mass is 10.3. The molecule has 8 heteroatoms. The van der Waals surface area contributed by atoms with Crippen LogP contribution < -0.4 is 9.62 Å². The maximum absolute atomic E-state index is 12.3. The molecule has 126 valence electrons. The minimum absolute atomic E-state index is 0.108. The second-order valence-corrected chi connectivity index (χ2v) is 8.14. The first kappa shape index (κ1) is 16.8. The van der Waals surface area contributed by atoms with Crippen molar-refractivity contribution in [1.29, 1.82) is 0 Å². The van der Waals surface area contributed by atoms with Crippen molar-refractivity contribution in [2.75, 3.05) is 11.4 Å². The molecule has 0 unspecified atom stereocenters. The summed E-state index contributed by atoms with van der Waals surface area (Å²) >= 11 is 1.58. The number of carbonyl (C=O) groups is 2. The molecule has 0 saturated carbocycles. The van der Waals surface area contributed by atoms with E-state index in [0.29, 0.717) is 18.7 Å². The van der Waals surface area contributed by atoms with Crippen LogP contribution in [0.4, 0.5) is 5.69 Å². The molecule has 24 heavy (non-hydrogen) atoms. The number of rotatable bonds is 6. The van der Waals surface area contributed by atoms with Crippen LogP contribution in [0, 0.1) is 0 Å². The van der Waals surface area contributed by atoms with Gasteiger partial charge in [0.15, 0.2) is 0 Å². The highest BCUT2D eigenvalue weighted by Gasteiger charge is 2.30. The molecule has 0 atom stereocenters. The van der Waals surface area contributed by atoms with E-state index in [1.807, 2.05) is 17.5 Å². The highest BCUT2D eigenvalue weighted by atomic mass is 32.2. The van der Waals surface area contributed by atoms with Gasteiger partial charge in [-0.15, -0.1) is 11.3 Å². The third-order valence-electron chi connectivity index (χ3n) is 3.70. The third-order valence-corrected chi connectivity index (χ3v) is 6.11. The summed E-state index contributed by atoms with van der Waals surface area (Å²) in [7, 11) is -3.61. The van der Waals surface area contributed by atoms with Crippen molar-refractivity contribution in [2.24, 2.45) is 0 Å². The van der Waals surface area contributed by atoms with E-state index in [2.05, 4.69) is 4.72 Å². The van der Waals surface area contributed by atoms with Crippen LogP contribution in [-0.2, 0) is 26.0 Å². The Bertz CT molecular complexity index is 827. The highest BCUT2D eigenvalue weighted by molar-refractivity contribution is 7.89. The van der Waals surface area contributed by atoms with Crippen LogP contribution in [0.5, 0.6) is 0 Å². The van der Waals surface area contributed by atoms with Crippen LogP contribution in [0.2, 0.25) is 0 Å². The summed E-state index contributed by atoms with van der Waals surface area (Å²) in [4.78, 5) is 25.7. The fourth-order valence-electron chi connectivity index (χ4n) is 2.49. The van der Waals surface area contributed by atoms with Gasteiger partial charge in [0.1, 0.15) is 0 Å². The monoisotopic (exact) mass is 364 g/mol. The summed E-state index contributed by atoms with van der Waals surface area (Å²) < 4.78 is 27.1. The second kappa shape index (κ2) is 6.84. The average molecular weight is 364 g/mol. The van der Waals surface area contributed by atoms with E-state index in [1.54, 1.807) is 11.3 Å². The van der Waals surface area contributed by atoms with E-state index in [4.69, 9.17) is 0 Å². The van der Waals surface area contributed by atoms with Crippen molar-refractivity contribution < 1.29 is 18.0 Å². The number of anilines is 1. The van der Waals surface area contributed by atoms with Gasteiger partial charge in [-0.1, -0.05) is 6.07 Å². The first-order valence-corrected chi connectivity index (χ1v) is 9.81. The quantitative estimate of drug-likeness (QED) is 0.794. The van der Waals surface area contributed by atoms with Gasteiger partial charge in [0, 0.05) is 24.3 Å². The standard InChI is InChI=1S/C16H16N2O4S2/c19-15-7-8-16(20)18(15)12-3-5-14(6-4-12)24(21,22)17-10-9-13-2-1-11-23-13/h1-6,11,17H,7-10H2. The third kappa shape index (κ3) is 3.55. The molecule has 1 aromatic carbocycles. The van der Waals surface area contributed by atoms with Gasteiger partial charge in [0.2, 0.25) is 21.8 Å². The molecule has 0 bridgehead atoms. The molecule has 6 nitrogen and oxygen atoms in total. The van der Waals surface area contributed by atoms with Crippen molar-refractivity contribution >= 4 is 38.9 Å². The van der Waals surface area contributed by atoms with Gasteiger partial charge in [0.25, 0.3) is 0 Å². The van der Waals surface area contributed by atoms with Gasteiger partial charge in [0.05, 0.1) is 10.6 Å². The molecular formula is C16H16N2O4S2. The SMILES string of the molecule is O=C1CCC(=O)N1c1ccc(S(=O)(=O)NCCc2cccs2)cc1. The predicted molar refractivity (Wildman–Crippen MR) is 91.4 cm³/mol. The summed E-state index contributed by atoms with van der Waals surface area (Å²) in [5, 5.41) is 1.95. The Labute approximate surface area is 144 Å². The molecule has 3 rings (SSSR count). The summed E-state index contributed by atoms with van der Waals surface area (Å²) in [6, 6.07) is 9.65. The Balaban J connectivity index is 1.67. The highest BCUT2D eigenvalue weighted by Crippen LogP contribution is 2.23. The Morgan fingerprint density at radius 2 is 1.71 bits per heavy atom. The lowest BCUT2D eigenvalue weighted by Crippen LogP contribution is -2.29. The van der Waals surface area contributed by atoms with Gasteiger partial charge in [-0.3, -0.25) is 14.5 Å². The molecule has 1 aliphatic heterocycles. The zero-order chi connectivity index (χ0) is 17.2. The minimum atomic E-state index is -3.61. The van der Waals surface area contributed by atoms with Crippen LogP contribution in [0.25, 0.3) is 0 Å². The number of sulfonamides is 1. The molecule has 2 amide bonds. The van der Waals surface area contributed by atoms with Gasteiger partial charge >= 0.3 is 0 Å². The first-order valence-electron chi connectivity index (χ1n) is 7.45. The molecule has 1 aliphatic rings. The number of amides is 2. The summed E-state index contributed by atoms with van der Waals surface area (Å²) in [5.41, 5.74) is 0.403. The van der Waals surface area contributed by atoms with Crippen molar-refractivity contribution in [3.8, 4) is 0 Å². The first-order chi connectivity index (χ1) is 11.5. The molecule has 0 radical (unpaired) electrons. The number of imide groups is 1. The molecule has 2 heterocycles. The van der Waals surface area contributed by atoms with Crippen LogP contribution >= 0.6 is 11.3 Å². The van der Waals surface area contributed by atoms with Gasteiger partial charge < -0.3 is 0 Å². The zero-order valence-corrected chi connectivity index (χ0v) is 14.4. The van der Waals surface area contributed by atoms with Gasteiger partial charge in [-0.05, 0) is 42.1 Å². The minimum Gasteiger partial charge on any atom is -0.274 e. The number of thiophene rings is 1. The van der Waals surface area contributed by atoms with Crippen LogP contribution in [-0.4, -0.2) is 26.8 Å². The lowest BCUT2D eigenvalue weighted by molar-refractivity contribution is -0.121. The van der Waals surface area contributed by atoms with Crippen LogP contribution in [0.3, 0.4) is 0 Å². The van der Waals surface area contributed by atoms with Crippen LogP contribution in [0.15, 0.2) is 46.7 Å². The summed E-state index contributed by atoms with van der Waals surface area (Å²) in [5.74, 6) is -0.519. The fraction of sp³-hybridized carbons (Fsp3) is 0.250. The van der Waals surface area contributed by atoms with Crippen LogP contribution in [0.1, 0.15) is 17.7 Å². The number of carbonyl (C=O) groups excluding carboxylic acids is 2. The lowest BCUT2D eigenvalue weighted by Gasteiger charge is -2.14. The maximum atomic E-state index is 12.3. The maximum Gasteiger partial charge on any atom is 0.240 e. The fourth-order valence-corrected chi connectivity index (χ4v) is 4.23. The van der Waals surface area contributed by atoms with E-state index in [0.717, 1.165) is 9.78 Å². The Hall–Kier alpha value is -2.03. The van der Waals surface area contributed by atoms with E-state index in [-0.39, 0.29) is 29.6 Å². The van der Waals surface area contributed by atoms with E-state index in [9.17, 15) is 18.0 Å². The number of nitrogens with zero attached hydrogens (tertiary/aromatic N) is 1. The molecule has 1 fully saturated rings. The average Bonchev–Trinajstić information content (AvgIpc) is 3.18. The molecular weight excluding hydrogens is 348 g/mol. The molecule has 1 N–H and O–H groups in total. The Kier molecular flexibility index (Phi) is 4.79. The second-order valence-electron chi connectivity index (χ2n) is 5.34. The largest absolute Gasteiger partial charge is 0.274 e. The molecule has 1 saturated heterocycles. The Morgan fingerprint density at radius 1 is 1.04 bits per heavy atom. The normalized spacial score (nSPS) is 15.2. The van der Waals surface area contributed by atoms with Gasteiger partial charge in [-0.2, -0.15) is 0 Å². The Morgan fingerprint density at radius 3 is 2.29 bits per heavy atom. The number of benzene rings is 1. The number of hydrogen-bond donors (Lipinski definition) is 1. The van der Waals surface area contributed by atoms with Crippen molar-refractivity contribution in [2.45, 2.75) is 24.2 Å². The van der Waals surface area contributed by atoms with Crippen molar-refractivity contribution in [3.63, 3.8) is 0 Å². The van der Waals surface area contributed by atoms with E-state index >= 15 is 0 Å². The smallest absolute Gasteiger partial charge is 0.240 e. The predicted octanol–water partition coefficient (Wildman–Crippen LogP) is 1.92. The molecule has 0 aliphatic carbocycles. The molecule has 2 aromatic rings. The zero-order valence-electron chi connectivity index (χ0n) is 12.8. The summed E-state index contributed by atoms with van der Waals surface area (Å²) in [6.07, 6.45) is 1.03. The molecule has 0 spiro atoms. The van der Waals surface area contributed by atoms with Crippen molar-refractivity contribution in [1.82, 2.24) is 4.72 Å². The van der Waals surface area contributed by atoms with E-state index in [1.165, 1.54) is 24.3 Å². The topological polar surface area (TPSA) is 83.6 Å². The van der Waals surface area contributed by atoms with Crippen molar-refractivity contribution in [3.05, 3.63) is 46.7 Å². The molecule has 1 aromatic heterocycles. The number of nitrogens with one attached hydrogen (secondary N) is 1. The van der Waals surface area contributed by atoms with E-state index < -0.39 is 10.0 Å². The van der Waals surface area contributed by atoms with Gasteiger partial charge in [-0.25, -0.2) is 13.1 Å². The number of hydrogen-bond acceptors (Lipinski definition) is 5. The summed E-state index contributed by atoms with van der Waals surface area (Å²) in [6.45, 7) is 0.313.